The number of rotatable bonds is 8. The number of hydrogen-bond acceptors (Lipinski definition) is 5. The summed E-state index contributed by atoms with van der Waals surface area (Å²) in [5, 5.41) is 13.9. The number of carbonyl (C=O) groups excluding carboxylic acids is 1. The van der Waals surface area contributed by atoms with E-state index in [9.17, 15) is 14.9 Å². The second kappa shape index (κ2) is 9.41. The largest absolute Gasteiger partial charge is 0.492 e. The van der Waals surface area contributed by atoms with Crippen molar-refractivity contribution in [2.24, 2.45) is 0 Å². The molecule has 7 nitrogen and oxygen atoms in total. The molecule has 0 aromatic heterocycles. The Balaban J connectivity index is 1.60. The van der Waals surface area contributed by atoms with E-state index in [0.29, 0.717) is 24.6 Å². The molecule has 3 rings (SSSR count). The average Bonchev–Trinajstić information content (AvgIpc) is 3.25. The van der Waals surface area contributed by atoms with Gasteiger partial charge < -0.3 is 15.0 Å². The normalized spacial score (nSPS) is 13.6. The Bertz CT molecular complexity index is 859. The maximum atomic E-state index is 12.7. The maximum absolute atomic E-state index is 12.7. The number of anilines is 1. The van der Waals surface area contributed by atoms with Crippen molar-refractivity contribution in [1.29, 1.82) is 0 Å². The zero-order chi connectivity index (χ0) is 20.8. The molecule has 1 N–H and O–H groups in total. The van der Waals surface area contributed by atoms with Crippen LogP contribution >= 0.6 is 0 Å². The highest BCUT2D eigenvalue weighted by molar-refractivity contribution is 6.00. The molecule has 0 spiro atoms. The third-order valence-electron chi connectivity index (χ3n) is 5.09. The first kappa shape index (κ1) is 20.6. The molecule has 0 atom stereocenters. The molecule has 0 unspecified atom stereocenters. The lowest BCUT2D eigenvalue weighted by Gasteiger charge is -2.21. The Morgan fingerprint density at radius 3 is 2.48 bits per heavy atom. The Hall–Kier alpha value is -3.09. The molecule has 0 aliphatic carbocycles. The van der Waals surface area contributed by atoms with E-state index in [4.69, 9.17) is 4.74 Å². The van der Waals surface area contributed by atoms with Crippen molar-refractivity contribution in [2.45, 2.75) is 32.6 Å². The van der Waals surface area contributed by atoms with Gasteiger partial charge in [-0.3, -0.25) is 14.9 Å². The quantitative estimate of drug-likeness (QED) is 0.411. The number of nitro benzene ring substituents is 1. The number of nitrogens with one attached hydrogen (secondary N) is 1. The Kier molecular flexibility index (Phi) is 6.69. The fraction of sp³-hybridized carbons (Fsp3) is 0.409. The molecule has 1 aliphatic rings. The van der Waals surface area contributed by atoms with Crippen LogP contribution in [0.15, 0.2) is 42.5 Å². The molecular formula is C22H27N3O4. The van der Waals surface area contributed by atoms with Gasteiger partial charge in [-0.2, -0.15) is 0 Å². The van der Waals surface area contributed by atoms with Crippen LogP contribution in [0.1, 0.15) is 48.5 Å². The first-order chi connectivity index (χ1) is 14.0. The van der Waals surface area contributed by atoms with E-state index in [2.05, 4.69) is 24.1 Å². The number of non-ortho nitro benzene ring substituents is 1. The second-order valence-corrected chi connectivity index (χ2v) is 7.48. The summed E-state index contributed by atoms with van der Waals surface area (Å²) in [6.07, 6.45) is 2.11. The summed E-state index contributed by atoms with van der Waals surface area (Å²) in [5.41, 5.74) is 2.24. The molecule has 7 heteroatoms. The van der Waals surface area contributed by atoms with E-state index < -0.39 is 4.92 Å². The van der Waals surface area contributed by atoms with E-state index in [0.717, 1.165) is 37.4 Å². The standard InChI is InChI=1S/C22H27N3O4/c1-16(2)17-5-8-19(9-6-17)29-14-11-23-22(26)20-15-18(25(27)28)7-10-21(20)24-12-3-4-13-24/h5-10,15-16H,3-4,11-14H2,1-2H3,(H,23,26). The van der Waals surface area contributed by atoms with Gasteiger partial charge >= 0.3 is 0 Å². The number of hydrogen-bond donors (Lipinski definition) is 1. The fourth-order valence-electron chi connectivity index (χ4n) is 3.43. The summed E-state index contributed by atoms with van der Waals surface area (Å²) in [5.74, 6) is 0.883. The molecule has 0 bridgehead atoms. The van der Waals surface area contributed by atoms with Crippen molar-refractivity contribution >= 4 is 17.3 Å². The number of ether oxygens (including phenoxy) is 1. The zero-order valence-electron chi connectivity index (χ0n) is 16.9. The highest BCUT2D eigenvalue weighted by Crippen LogP contribution is 2.28. The van der Waals surface area contributed by atoms with Gasteiger partial charge in [-0.05, 0) is 42.5 Å². The van der Waals surface area contributed by atoms with Crippen LogP contribution in [0, 0.1) is 10.1 Å². The lowest BCUT2D eigenvalue weighted by Crippen LogP contribution is -2.30. The molecule has 0 saturated carbocycles. The summed E-state index contributed by atoms with van der Waals surface area (Å²) in [7, 11) is 0. The van der Waals surface area contributed by atoms with Gasteiger partial charge in [0.2, 0.25) is 0 Å². The number of benzene rings is 2. The summed E-state index contributed by atoms with van der Waals surface area (Å²) in [6, 6.07) is 12.4. The van der Waals surface area contributed by atoms with Gasteiger partial charge in [0.25, 0.3) is 11.6 Å². The minimum atomic E-state index is -0.478. The van der Waals surface area contributed by atoms with Crippen molar-refractivity contribution < 1.29 is 14.5 Å². The number of nitrogens with zero attached hydrogens (tertiary/aromatic N) is 2. The molecular weight excluding hydrogens is 370 g/mol. The molecule has 1 saturated heterocycles. The highest BCUT2D eigenvalue weighted by Gasteiger charge is 2.22. The number of amides is 1. The van der Waals surface area contributed by atoms with Gasteiger partial charge in [0.05, 0.1) is 22.7 Å². The SMILES string of the molecule is CC(C)c1ccc(OCCNC(=O)c2cc([N+](=O)[O-])ccc2N2CCCC2)cc1. The van der Waals surface area contributed by atoms with E-state index >= 15 is 0 Å². The Labute approximate surface area is 170 Å². The summed E-state index contributed by atoms with van der Waals surface area (Å²) in [6.45, 7) is 6.61. The molecule has 1 heterocycles. The van der Waals surface area contributed by atoms with Crippen LogP contribution in [0.5, 0.6) is 5.75 Å². The third kappa shape index (κ3) is 5.25. The minimum Gasteiger partial charge on any atom is -0.492 e. The third-order valence-corrected chi connectivity index (χ3v) is 5.09. The predicted molar refractivity (Wildman–Crippen MR) is 113 cm³/mol. The smallest absolute Gasteiger partial charge is 0.270 e. The molecule has 0 radical (unpaired) electrons. The predicted octanol–water partition coefficient (Wildman–Crippen LogP) is 4.13. The van der Waals surface area contributed by atoms with Crippen LogP contribution in [0.2, 0.25) is 0 Å². The molecule has 154 valence electrons. The monoisotopic (exact) mass is 397 g/mol. The molecule has 1 amide bonds. The molecule has 2 aromatic carbocycles. The molecule has 2 aromatic rings. The molecule has 29 heavy (non-hydrogen) atoms. The number of nitro groups is 1. The van der Waals surface area contributed by atoms with Gasteiger partial charge in [-0.25, -0.2) is 0 Å². The number of carbonyl (C=O) groups is 1. The van der Waals surface area contributed by atoms with Gasteiger partial charge in [-0.1, -0.05) is 26.0 Å². The Morgan fingerprint density at radius 2 is 1.86 bits per heavy atom. The van der Waals surface area contributed by atoms with Gasteiger partial charge in [-0.15, -0.1) is 0 Å². The average molecular weight is 397 g/mol. The minimum absolute atomic E-state index is 0.0837. The topological polar surface area (TPSA) is 84.7 Å². The zero-order valence-corrected chi connectivity index (χ0v) is 16.9. The van der Waals surface area contributed by atoms with Crippen molar-refractivity contribution in [2.75, 3.05) is 31.1 Å². The van der Waals surface area contributed by atoms with Gasteiger partial charge in [0, 0.05) is 25.2 Å². The van der Waals surface area contributed by atoms with Crippen LogP contribution in [-0.4, -0.2) is 37.1 Å². The first-order valence-corrected chi connectivity index (χ1v) is 10.00. The fourth-order valence-corrected chi connectivity index (χ4v) is 3.43. The van der Waals surface area contributed by atoms with Crippen LogP contribution < -0.4 is 15.0 Å². The van der Waals surface area contributed by atoms with Crippen molar-refractivity contribution in [3.8, 4) is 5.75 Å². The summed E-state index contributed by atoms with van der Waals surface area (Å²) in [4.78, 5) is 25.5. The first-order valence-electron chi connectivity index (χ1n) is 10.00. The molecule has 1 fully saturated rings. The summed E-state index contributed by atoms with van der Waals surface area (Å²) < 4.78 is 5.69. The lowest BCUT2D eigenvalue weighted by atomic mass is 10.0. The van der Waals surface area contributed by atoms with Crippen molar-refractivity contribution in [1.82, 2.24) is 5.32 Å². The van der Waals surface area contributed by atoms with Crippen LogP contribution in [0.25, 0.3) is 0 Å². The van der Waals surface area contributed by atoms with Crippen LogP contribution in [0.4, 0.5) is 11.4 Å². The molecule has 1 aliphatic heterocycles. The maximum Gasteiger partial charge on any atom is 0.270 e. The van der Waals surface area contributed by atoms with Crippen LogP contribution in [0.3, 0.4) is 0 Å². The van der Waals surface area contributed by atoms with Crippen molar-refractivity contribution in [3.05, 3.63) is 63.7 Å². The highest BCUT2D eigenvalue weighted by atomic mass is 16.6. The lowest BCUT2D eigenvalue weighted by molar-refractivity contribution is -0.384. The van der Waals surface area contributed by atoms with E-state index in [1.807, 2.05) is 24.3 Å². The summed E-state index contributed by atoms with van der Waals surface area (Å²) >= 11 is 0. The van der Waals surface area contributed by atoms with Gasteiger partial charge in [0.15, 0.2) is 0 Å². The second-order valence-electron chi connectivity index (χ2n) is 7.48. The van der Waals surface area contributed by atoms with Crippen molar-refractivity contribution in [3.63, 3.8) is 0 Å². The Morgan fingerprint density at radius 1 is 1.17 bits per heavy atom. The van der Waals surface area contributed by atoms with Gasteiger partial charge in [0.1, 0.15) is 12.4 Å². The van der Waals surface area contributed by atoms with E-state index in [-0.39, 0.29) is 11.6 Å². The van der Waals surface area contributed by atoms with Crippen LogP contribution in [-0.2, 0) is 0 Å². The van der Waals surface area contributed by atoms with E-state index in [1.165, 1.54) is 17.7 Å². The van der Waals surface area contributed by atoms with E-state index in [1.54, 1.807) is 6.07 Å².